The summed E-state index contributed by atoms with van der Waals surface area (Å²) in [4.78, 5) is 16.7. The molecule has 5 rings (SSSR count). The molecule has 0 radical (unpaired) electrons. The highest BCUT2D eigenvalue weighted by Gasteiger charge is 2.35. The number of nitrogens with zero attached hydrogens (tertiary/aromatic N) is 2. The summed E-state index contributed by atoms with van der Waals surface area (Å²) in [5.74, 6) is -1.24. The van der Waals surface area contributed by atoms with Crippen molar-refractivity contribution >= 4 is 11.0 Å². The number of hydrogen-bond donors (Lipinski definition) is 2. The van der Waals surface area contributed by atoms with Crippen LogP contribution in [-0.2, 0) is 6.61 Å². The van der Waals surface area contributed by atoms with Gasteiger partial charge in [0.2, 0.25) is 11.8 Å². The zero-order valence-electron chi connectivity index (χ0n) is 18.0. The average molecular weight is 455 g/mol. The molecule has 0 fully saturated rings. The Balaban J connectivity index is 1.69. The minimum Gasteiger partial charge on any atom is -0.439 e. The molecule has 7 nitrogen and oxygen atoms in total. The maximum atomic E-state index is 13.9. The zero-order valence-corrected chi connectivity index (χ0v) is 18.0. The third-order valence-electron chi connectivity index (χ3n) is 6.01. The fourth-order valence-electron chi connectivity index (χ4n) is 4.27. The van der Waals surface area contributed by atoms with Crippen LogP contribution in [0.1, 0.15) is 28.2 Å². The van der Waals surface area contributed by atoms with E-state index in [9.17, 15) is 19.6 Å². The molecule has 1 aliphatic heterocycles. The highest BCUT2D eigenvalue weighted by molar-refractivity contribution is 5.86. The predicted molar refractivity (Wildman–Crippen MR) is 122 cm³/mol. The van der Waals surface area contributed by atoms with Crippen molar-refractivity contribution in [3.05, 3.63) is 105 Å². The van der Waals surface area contributed by atoms with Gasteiger partial charge in [-0.2, -0.15) is 9.65 Å². The van der Waals surface area contributed by atoms with Crippen LogP contribution in [0.3, 0.4) is 0 Å². The molecule has 2 aromatic heterocycles. The van der Waals surface area contributed by atoms with E-state index in [-0.39, 0.29) is 35.0 Å². The number of ether oxygens (including phenoxy) is 1. The van der Waals surface area contributed by atoms with Crippen LogP contribution in [0.15, 0.2) is 75.4 Å². The molecule has 1 aliphatic rings. The van der Waals surface area contributed by atoms with Gasteiger partial charge in [-0.05, 0) is 47.4 Å². The number of aromatic nitrogens is 1. The van der Waals surface area contributed by atoms with Crippen LogP contribution in [0.5, 0.6) is 5.75 Å². The summed E-state index contributed by atoms with van der Waals surface area (Å²) in [7, 11) is 0. The Hall–Kier alpha value is -4.48. The van der Waals surface area contributed by atoms with Crippen LogP contribution in [0, 0.1) is 24.2 Å². The number of fused-ring (bicyclic) bond motifs is 3. The van der Waals surface area contributed by atoms with E-state index < -0.39 is 17.5 Å². The van der Waals surface area contributed by atoms with Gasteiger partial charge in [0.05, 0.1) is 23.5 Å². The molecule has 0 saturated heterocycles. The van der Waals surface area contributed by atoms with E-state index >= 15 is 0 Å². The van der Waals surface area contributed by atoms with Gasteiger partial charge < -0.3 is 20.0 Å². The Kier molecular flexibility index (Phi) is 5.11. The van der Waals surface area contributed by atoms with E-state index in [2.05, 4.69) is 11.1 Å². The van der Waals surface area contributed by atoms with Gasteiger partial charge in [-0.1, -0.05) is 30.3 Å². The number of hydrogen-bond acceptors (Lipinski definition) is 7. The van der Waals surface area contributed by atoms with Crippen molar-refractivity contribution in [3.8, 4) is 22.9 Å². The largest absolute Gasteiger partial charge is 0.439 e. The second-order valence-electron chi connectivity index (χ2n) is 7.94. The molecular formula is C26H18FN3O4. The molecule has 1 atom stereocenters. The van der Waals surface area contributed by atoms with E-state index in [1.165, 1.54) is 6.20 Å². The van der Waals surface area contributed by atoms with Crippen LogP contribution in [0.2, 0.25) is 0 Å². The lowest BCUT2D eigenvalue weighted by Gasteiger charge is -2.26. The van der Waals surface area contributed by atoms with Crippen LogP contribution in [0.4, 0.5) is 4.39 Å². The van der Waals surface area contributed by atoms with Crippen molar-refractivity contribution < 1.29 is 18.7 Å². The summed E-state index contributed by atoms with van der Waals surface area (Å²) in [6, 6.07) is 15.8. The monoisotopic (exact) mass is 455 g/mol. The maximum Gasteiger partial charge on any atom is 0.344 e. The number of nitrogens with two attached hydrogens (primary N) is 1. The number of rotatable bonds is 3. The van der Waals surface area contributed by atoms with E-state index in [0.717, 1.165) is 5.56 Å². The molecule has 2 aromatic carbocycles. The van der Waals surface area contributed by atoms with Crippen LogP contribution in [0.25, 0.3) is 22.1 Å². The summed E-state index contributed by atoms with van der Waals surface area (Å²) in [6.07, 6.45) is 1.40. The lowest BCUT2D eigenvalue weighted by molar-refractivity contribution is 0.282. The van der Waals surface area contributed by atoms with Crippen LogP contribution >= 0.6 is 0 Å². The molecule has 0 saturated carbocycles. The van der Waals surface area contributed by atoms with Crippen molar-refractivity contribution in [3.63, 3.8) is 0 Å². The molecule has 34 heavy (non-hydrogen) atoms. The second-order valence-corrected chi connectivity index (χ2v) is 7.94. The summed E-state index contributed by atoms with van der Waals surface area (Å²) in [6.45, 7) is 1.43. The topological polar surface area (TPSA) is 122 Å². The first-order valence-corrected chi connectivity index (χ1v) is 10.4. The lowest BCUT2D eigenvalue weighted by atomic mass is 9.83. The van der Waals surface area contributed by atoms with Gasteiger partial charge in [-0.15, -0.1) is 0 Å². The summed E-state index contributed by atoms with van der Waals surface area (Å²) < 4.78 is 25.2. The zero-order chi connectivity index (χ0) is 24.0. The van der Waals surface area contributed by atoms with Crippen LogP contribution < -0.4 is 16.1 Å². The van der Waals surface area contributed by atoms with Crippen LogP contribution in [-0.4, -0.2) is 10.1 Å². The Labute approximate surface area is 193 Å². The third kappa shape index (κ3) is 3.31. The Bertz CT molecular complexity index is 1580. The number of benzene rings is 2. The highest BCUT2D eigenvalue weighted by Crippen LogP contribution is 2.44. The maximum absolute atomic E-state index is 13.9. The Morgan fingerprint density at radius 1 is 1.21 bits per heavy atom. The molecule has 3 heterocycles. The number of nitriles is 1. The summed E-state index contributed by atoms with van der Waals surface area (Å²) >= 11 is 0. The average Bonchev–Trinajstić information content (AvgIpc) is 2.84. The predicted octanol–water partition coefficient (Wildman–Crippen LogP) is 4.01. The molecule has 0 bridgehead atoms. The molecule has 4 aromatic rings. The molecule has 1 unspecified atom stereocenters. The number of allylic oxidation sites excluding steroid dienone is 1. The smallest absolute Gasteiger partial charge is 0.344 e. The summed E-state index contributed by atoms with van der Waals surface area (Å²) in [5.41, 5.74) is 8.98. The van der Waals surface area contributed by atoms with Gasteiger partial charge >= 0.3 is 5.63 Å². The lowest BCUT2D eigenvalue weighted by Crippen LogP contribution is -2.26. The van der Waals surface area contributed by atoms with Gasteiger partial charge in [0.25, 0.3) is 0 Å². The fraction of sp³-hybridized carbons (Fsp3) is 0.115. The Morgan fingerprint density at radius 3 is 2.68 bits per heavy atom. The quantitative estimate of drug-likeness (QED) is 0.353. The molecular weight excluding hydrogens is 437 g/mol. The van der Waals surface area contributed by atoms with E-state index in [4.69, 9.17) is 14.9 Å². The van der Waals surface area contributed by atoms with Gasteiger partial charge in [0.1, 0.15) is 17.2 Å². The normalized spacial score (nSPS) is 15.1. The van der Waals surface area contributed by atoms with Gasteiger partial charge in [0, 0.05) is 11.8 Å². The molecule has 0 aliphatic carbocycles. The molecule has 0 amide bonds. The molecule has 168 valence electrons. The van der Waals surface area contributed by atoms with Crippen molar-refractivity contribution in [1.29, 1.82) is 5.26 Å². The third-order valence-corrected chi connectivity index (χ3v) is 6.01. The molecule has 8 heteroatoms. The first-order valence-electron chi connectivity index (χ1n) is 10.4. The number of halogens is 1. The van der Waals surface area contributed by atoms with Crippen molar-refractivity contribution in [2.45, 2.75) is 19.4 Å². The number of aliphatic hydroxyl groups excluding tert-OH is 1. The second kappa shape index (κ2) is 8.14. The summed E-state index contributed by atoms with van der Waals surface area (Å²) in [5, 5.41) is 19.7. The SMILES string of the molecule is Cc1c(-c2ccc(C3C(C#N)=C(N)Oc4c3c(=O)oc3cc(CO)ccc43)cc2)ccnc1F. The van der Waals surface area contributed by atoms with Gasteiger partial charge in [0.15, 0.2) is 5.75 Å². The minimum atomic E-state index is -0.809. The first-order chi connectivity index (χ1) is 16.4. The molecule has 0 spiro atoms. The van der Waals surface area contributed by atoms with Crippen molar-refractivity contribution in [2.75, 3.05) is 0 Å². The van der Waals surface area contributed by atoms with E-state index in [1.54, 1.807) is 55.5 Å². The highest BCUT2D eigenvalue weighted by atomic mass is 19.1. The number of aliphatic hydroxyl groups is 1. The number of pyridine rings is 1. The standard InChI is InChI=1S/C26H18FN3O4/c1-13-17(8-9-30-24(13)27)15-3-5-16(6-4-15)21-19(11-28)25(29)34-23-18-7-2-14(12-31)10-20(18)33-26(32)22(21)23/h2-10,21,31H,12,29H2,1H3. The van der Waals surface area contributed by atoms with Gasteiger partial charge in [-0.3, -0.25) is 0 Å². The Morgan fingerprint density at radius 2 is 1.97 bits per heavy atom. The van der Waals surface area contributed by atoms with Crippen molar-refractivity contribution in [2.24, 2.45) is 5.73 Å². The first kappa shape index (κ1) is 21.4. The van der Waals surface area contributed by atoms with E-state index in [0.29, 0.717) is 27.6 Å². The minimum absolute atomic E-state index is 0.0880. The van der Waals surface area contributed by atoms with Crippen molar-refractivity contribution in [1.82, 2.24) is 4.98 Å². The fourth-order valence-corrected chi connectivity index (χ4v) is 4.27. The van der Waals surface area contributed by atoms with E-state index in [1.807, 2.05) is 0 Å². The van der Waals surface area contributed by atoms with Gasteiger partial charge in [-0.25, -0.2) is 9.78 Å². The molecule has 3 N–H and O–H groups in total.